The van der Waals surface area contributed by atoms with Crippen molar-refractivity contribution < 1.29 is 14.3 Å². The van der Waals surface area contributed by atoms with E-state index >= 15 is 0 Å². The van der Waals surface area contributed by atoms with Crippen LogP contribution < -0.4 is 5.56 Å². The first-order valence-corrected chi connectivity index (χ1v) is 11.0. The Hall–Kier alpha value is -3.48. The minimum Gasteiger partial charge on any atom is -0.456 e. The molecule has 0 saturated heterocycles. The van der Waals surface area contributed by atoms with Crippen molar-refractivity contribution in [3.05, 3.63) is 81.4 Å². The third-order valence-corrected chi connectivity index (χ3v) is 6.03. The van der Waals surface area contributed by atoms with Crippen molar-refractivity contribution in [1.29, 1.82) is 0 Å². The number of aryl methyl sites for hydroxylation is 1. The molecule has 1 aliphatic rings. The highest BCUT2D eigenvalue weighted by atomic mass is 16.5. The predicted octanol–water partition coefficient (Wildman–Crippen LogP) is 3.76. The van der Waals surface area contributed by atoms with Crippen molar-refractivity contribution in [3.8, 4) is 0 Å². The second kappa shape index (κ2) is 9.34. The summed E-state index contributed by atoms with van der Waals surface area (Å²) in [7, 11) is 1.80. The quantitative estimate of drug-likeness (QED) is 0.572. The number of rotatable bonds is 5. The summed E-state index contributed by atoms with van der Waals surface area (Å²) < 4.78 is 6.89. The van der Waals surface area contributed by atoms with Crippen LogP contribution in [0.2, 0.25) is 0 Å². The summed E-state index contributed by atoms with van der Waals surface area (Å²) in [6.07, 6.45) is 7.11. The molecule has 2 aromatic heterocycles. The number of pyridine rings is 1. The zero-order chi connectivity index (χ0) is 22.7. The molecule has 0 radical (unpaired) electrons. The van der Waals surface area contributed by atoms with E-state index in [1.807, 2.05) is 13.0 Å². The average molecular weight is 434 g/mol. The summed E-state index contributed by atoms with van der Waals surface area (Å²) >= 11 is 0. The molecule has 166 valence electrons. The summed E-state index contributed by atoms with van der Waals surface area (Å²) in [5.41, 5.74) is 2.09. The SMILES string of the molecule is Cc1ccc2nc(COC(=O)c3ccccc3C(=O)N(C)C3CCCCC3)cc(=O)n2c1. The van der Waals surface area contributed by atoms with Crippen LogP contribution in [0, 0.1) is 6.92 Å². The van der Waals surface area contributed by atoms with Gasteiger partial charge in [0.25, 0.3) is 11.5 Å². The van der Waals surface area contributed by atoms with Crippen LogP contribution >= 0.6 is 0 Å². The Balaban J connectivity index is 1.51. The number of carbonyl (C=O) groups excluding carboxylic acids is 2. The molecule has 2 heterocycles. The normalized spacial score (nSPS) is 14.3. The number of hydrogen-bond donors (Lipinski definition) is 0. The molecule has 0 unspecified atom stereocenters. The lowest BCUT2D eigenvalue weighted by molar-refractivity contribution is 0.0460. The summed E-state index contributed by atoms with van der Waals surface area (Å²) in [6, 6.07) is 11.9. The molecule has 0 spiro atoms. The topological polar surface area (TPSA) is 81.0 Å². The van der Waals surface area contributed by atoms with Crippen molar-refractivity contribution in [1.82, 2.24) is 14.3 Å². The number of amides is 1. The summed E-state index contributed by atoms with van der Waals surface area (Å²) in [5.74, 6) is -0.793. The van der Waals surface area contributed by atoms with E-state index < -0.39 is 5.97 Å². The van der Waals surface area contributed by atoms with Gasteiger partial charge in [-0.2, -0.15) is 0 Å². The van der Waals surface area contributed by atoms with E-state index in [1.54, 1.807) is 48.5 Å². The third kappa shape index (κ3) is 4.56. The van der Waals surface area contributed by atoms with Gasteiger partial charge in [-0.05, 0) is 43.5 Å². The maximum absolute atomic E-state index is 13.1. The van der Waals surface area contributed by atoms with Crippen molar-refractivity contribution in [2.45, 2.75) is 51.7 Å². The van der Waals surface area contributed by atoms with Crippen LogP contribution in [0.5, 0.6) is 0 Å². The predicted molar refractivity (Wildman–Crippen MR) is 121 cm³/mol. The zero-order valence-corrected chi connectivity index (χ0v) is 18.4. The lowest BCUT2D eigenvalue weighted by atomic mass is 9.94. The van der Waals surface area contributed by atoms with Crippen molar-refractivity contribution in [2.75, 3.05) is 7.05 Å². The first-order chi connectivity index (χ1) is 15.4. The molecule has 4 rings (SSSR count). The van der Waals surface area contributed by atoms with E-state index in [-0.39, 0.29) is 29.7 Å². The molecular formula is C25H27N3O4. The van der Waals surface area contributed by atoms with Crippen LogP contribution in [0.3, 0.4) is 0 Å². The number of esters is 1. The lowest BCUT2D eigenvalue weighted by Crippen LogP contribution is -2.39. The minimum absolute atomic E-state index is 0.153. The molecule has 3 aromatic rings. The van der Waals surface area contributed by atoms with Gasteiger partial charge in [0.2, 0.25) is 0 Å². The Morgan fingerprint density at radius 1 is 1.09 bits per heavy atom. The van der Waals surface area contributed by atoms with Crippen LogP contribution in [-0.2, 0) is 11.3 Å². The number of benzene rings is 1. The second-order valence-corrected chi connectivity index (χ2v) is 8.35. The van der Waals surface area contributed by atoms with Crippen LogP contribution in [-0.4, -0.2) is 39.3 Å². The first kappa shape index (κ1) is 21.7. The van der Waals surface area contributed by atoms with E-state index in [4.69, 9.17) is 4.74 Å². The number of ether oxygens (including phenoxy) is 1. The van der Waals surface area contributed by atoms with Crippen molar-refractivity contribution >= 4 is 17.5 Å². The number of fused-ring (bicyclic) bond motifs is 1. The van der Waals surface area contributed by atoms with Gasteiger partial charge in [0, 0.05) is 25.4 Å². The fraction of sp³-hybridized carbons (Fsp3) is 0.360. The van der Waals surface area contributed by atoms with Crippen LogP contribution in [0.1, 0.15) is 64.1 Å². The smallest absolute Gasteiger partial charge is 0.339 e. The maximum Gasteiger partial charge on any atom is 0.339 e. The highest BCUT2D eigenvalue weighted by Gasteiger charge is 2.26. The summed E-state index contributed by atoms with van der Waals surface area (Å²) in [5, 5.41) is 0. The average Bonchev–Trinajstić information content (AvgIpc) is 2.82. The minimum atomic E-state index is -0.614. The Morgan fingerprint density at radius 3 is 2.56 bits per heavy atom. The molecule has 0 N–H and O–H groups in total. The molecule has 1 fully saturated rings. The molecule has 1 saturated carbocycles. The van der Waals surface area contributed by atoms with Gasteiger partial charge in [0.05, 0.1) is 16.8 Å². The Labute approximate surface area is 186 Å². The van der Waals surface area contributed by atoms with Gasteiger partial charge < -0.3 is 9.64 Å². The summed E-state index contributed by atoms with van der Waals surface area (Å²) in [6.45, 7) is 1.74. The molecular weight excluding hydrogens is 406 g/mol. The zero-order valence-electron chi connectivity index (χ0n) is 18.4. The van der Waals surface area contributed by atoms with Crippen LogP contribution in [0.4, 0.5) is 0 Å². The molecule has 1 amide bonds. The first-order valence-electron chi connectivity index (χ1n) is 11.0. The van der Waals surface area contributed by atoms with E-state index in [0.717, 1.165) is 31.2 Å². The highest BCUT2D eigenvalue weighted by molar-refractivity contribution is 6.05. The van der Waals surface area contributed by atoms with E-state index in [1.165, 1.54) is 16.9 Å². The molecule has 1 aliphatic carbocycles. The van der Waals surface area contributed by atoms with Crippen LogP contribution in [0.25, 0.3) is 5.65 Å². The maximum atomic E-state index is 13.1. The van der Waals surface area contributed by atoms with Gasteiger partial charge in [0.1, 0.15) is 12.3 Å². The fourth-order valence-electron chi connectivity index (χ4n) is 4.22. The Kier molecular flexibility index (Phi) is 6.35. The third-order valence-electron chi connectivity index (χ3n) is 6.03. The summed E-state index contributed by atoms with van der Waals surface area (Å²) in [4.78, 5) is 44.5. The van der Waals surface area contributed by atoms with Crippen molar-refractivity contribution in [3.63, 3.8) is 0 Å². The Bertz CT molecular complexity index is 1210. The number of hydrogen-bond acceptors (Lipinski definition) is 5. The lowest BCUT2D eigenvalue weighted by Gasteiger charge is -2.31. The highest BCUT2D eigenvalue weighted by Crippen LogP contribution is 2.24. The van der Waals surface area contributed by atoms with Gasteiger partial charge in [-0.3, -0.25) is 14.0 Å². The number of aromatic nitrogens is 2. The number of carbonyl (C=O) groups is 2. The molecule has 32 heavy (non-hydrogen) atoms. The van der Waals surface area contributed by atoms with E-state index in [0.29, 0.717) is 16.9 Å². The molecule has 0 aliphatic heterocycles. The Morgan fingerprint density at radius 2 is 1.81 bits per heavy atom. The van der Waals surface area contributed by atoms with E-state index in [9.17, 15) is 14.4 Å². The van der Waals surface area contributed by atoms with Crippen molar-refractivity contribution in [2.24, 2.45) is 0 Å². The van der Waals surface area contributed by atoms with Gasteiger partial charge in [-0.15, -0.1) is 0 Å². The van der Waals surface area contributed by atoms with E-state index in [2.05, 4.69) is 4.98 Å². The molecule has 7 heteroatoms. The standard InChI is InChI=1S/C25H27N3O4/c1-17-12-13-22-26-18(14-23(29)28(22)15-17)16-32-25(31)21-11-7-6-10-20(21)24(30)27(2)19-8-4-3-5-9-19/h6-7,10-15,19H,3-5,8-9,16H2,1-2H3. The second-order valence-electron chi connectivity index (χ2n) is 8.35. The molecule has 1 aromatic carbocycles. The van der Waals surface area contributed by atoms with Gasteiger partial charge in [-0.25, -0.2) is 9.78 Å². The largest absolute Gasteiger partial charge is 0.456 e. The molecule has 7 nitrogen and oxygen atoms in total. The van der Waals surface area contributed by atoms with Crippen LogP contribution in [0.15, 0.2) is 53.5 Å². The molecule has 0 bridgehead atoms. The fourth-order valence-corrected chi connectivity index (χ4v) is 4.22. The van der Waals surface area contributed by atoms with Gasteiger partial charge in [0.15, 0.2) is 0 Å². The number of nitrogens with zero attached hydrogens (tertiary/aromatic N) is 3. The monoisotopic (exact) mass is 433 g/mol. The van der Waals surface area contributed by atoms with Gasteiger partial charge >= 0.3 is 5.97 Å². The van der Waals surface area contributed by atoms with Gasteiger partial charge in [-0.1, -0.05) is 37.5 Å². The molecule has 0 atom stereocenters.